The molecule has 2 amide bonds. The second-order valence-electron chi connectivity index (χ2n) is 7.73. The van der Waals surface area contributed by atoms with E-state index in [0.717, 1.165) is 5.56 Å². The first-order valence-corrected chi connectivity index (χ1v) is 11.0. The summed E-state index contributed by atoms with van der Waals surface area (Å²) >= 11 is 6.22. The van der Waals surface area contributed by atoms with Crippen molar-refractivity contribution >= 4 is 35.2 Å². The molecular weight excluding hydrogens is 448 g/mol. The molecule has 2 aromatic carbocycles. The largest absolute Gasteiger partial charge is 0.493 e. The molecule has 33 heavy (non-hydrogen) atoms. The van der Waals surface area contributed by atoms with Crippen LogP contribution in [0.5, 0.6) is 23.0 Å². The Balaban J connectivity index is 1.31. The fraction of sp³-hybridized carbons (Fsp3) is 0.333. The van der Waals surface area contributed by atoms with Gasteiger partial charge in [0.2, 0.25) is 18.6 Å². The van der Waals surface area contributed by atoms with E-state index in [1.807, 2.05) is 0 Å². The summed E-state index contributed by atoms with van der Waals surface area (Å²) in [4.78, 5) is 27.0. The van der Waals surface area contributed by atoms with Gasteiger partial charge in [0.25, 0.3) is 0 Å². The van der Waals surface area contributed by atoms with Gasteiger partial charge in [-0.3, -0.25) is 9.59 Å². The highest BCUT2D eigenvalue weighted by molar-refractivity contribution is 6.32. The molecule has 0 unspecified atom stereocenters. The zero-order valence-electron chi connectivity index (χ0n) is 18.4. The van der Waals surface area contributed by atoms with Crippen molar-refractivity contribution in [3.8, 4) is 23.0 Å². The monoisotopic (exact) mass is 472 g/mol. The molecule has 0 aliphatic carbocycles. The molecule has 0 radical (unpaired) electrons. The second kappa shape index (κ2) is 10.0. The normalized spacial score (nSPS) is 15.5. The maximum absolute atomic E-state index is 12.7. The van der Waals surface area contributed by atoms with Crippen molar-refractivity contribution < 1.29 is 28.5 Å². The van der Waals surface area contributed by atoms with Gasteiger partial charge in [-0.05, 0) is 48.7 Å². The summed E-state index contributed by atoms with van der Waals surface area (Å²) in [7, 11) is 3.04. The summed E-state index contributed by atoms with van der Waals surface area (Å²) < 4.78 is 21.2. The van der Waals surface area contributed by atoms with Crippen LogP contribution in [0.1, 0.15) is 18.4 Å². The van der Waals surface area contributed by atoms with Crippen molar-refractivity contribution in [1.82, 2.24) is 4.90 Å². The number of ether oxygens (including phenoxy) is 4. The minimum Gasteiger partial charge on any atom is -0.493 e. The summed E-state index contributed by atoms with van der Waals surface area (Å²) in [5, 5.41) is 3.33. The number of carbonyl (C=O) groups excluding carboxylic acids is 2. The Hall–Kier alpha value is -3.39. The Kier molecular flexibility index (Phi) is 6.93. The maximum atomic E-state index is 12.7. The number of piperidine rings is 1. The first kappa shape index (κ1) is 22.8. The van der Waals surface area contributed by atoms with Gasteiger partial charge in [0, 0.05) is 36.8 Å². The van der Waals surface area contributed by atoms with E-state index in [9.17, 15) is 9.59 Å². The Morgan fingerprint density at radius 2 is 1.85 bits per heavy atom. The molecule has 0 spiro atoms. The van der Waals surface area contributed by atoms with Crippen molar-refractivity contribution in [3.63, 3.8) is 0 Å². The van der Waals surface area contributed by atoms with Crippen LogP contribution in [-0.4, -0.2) is 50.8 Å². The smallest absolute Gasteiger partial charge is 0.246 e. The molecular formula is C24H25ClN2O6. The van der Waals surface area contributed by atoms with E-state index >= 15 is 0 Å². The number of fused-ring (bicyclic) bond motifs is 1. The van der Waals surface area contributed by atoms with Crippen LogP contribution in [0.25, 0.3) is 6.08 Å². The molecule has 2 aliphatic rings. The van der Waals surface area contributed by atoms with Gasteiger partial charge >= 0.3 is 0 Å². The molecule has 0 aromatic heterocycles. The number of nitrogens with zero attached hydrogens (tertiary/aromatic N) is 1. The van der Waals surface area contributed by atoms with Gasteiger partial charge in [0.1, 0.15) is 0 Å². The molecule has 0 bridgehead atoms. The lowest BCUT2D eigenvalue weighted by Gasteiger charge is -2.30. The number of amides is 2. The van der Waals surface area contributed by atoms with E-state index in [2.05, 4.69) is 5.32 Å². The minimum absolute atomic E-state index is 0.0588. The van der Waals surface area contributed by atoms with Crippen LogP contribution in [0, 0.1) is 5.92 Å². The van der Waals surface area contributed by atoms with Crippen molar-refractivity contribution in [2.75, 3.05) is 39.4 Å². The highest BCUT2D eigenvalue weighted by Crippen LogP contribution is 2.36. The molecule has 1 fully saturated rings. The summed E-state index contributed by atoms with van der Waals surface area (Å²) in [6.45, 7) is 1.21. The average Bonchev–Trinajstić information content (AvgIpc) is 3.30. The zero-order valence-corrected chi connectivity index (χ0v) is 19.2. The fourth-order valence-electron chi connectivity index (χ4n) is 3.89. The van der Waals surface area contributed by atoms with Crippen molar-refractivity contribution in [2.24, 2.45) is 5.92 Å². The fourth-order valence-corrected chi connectivity index (χ4v) is 4.18. The number of halogens is 1. The van der Waals surface area contributed by atoms with Crippen LogP contribution in [0.4, 0.5) is 5.69 Å². The van der Waals surface area contributed by atoms with E-state index in [-0.39, 0.29) is 24.5 Å². The van der Waals surface area contributed by atoms with E-state index in [4.69, 9.17) is 30.5 Å². The number of benzene rings is 2. The minimum atomic E-state index is -0.159. The molecule has 2 heterocycles. The third kappa shape index (κ3) is 5.17. The Labute approximate surface area is 197 Å². The number of methoxy groups -OCH3 is 2. The quantitative estimate of drug-likeness (QED) is 0.640. The van der Waals surface area contributed by atoms with E-state index in [1.54, 1.807) is 41.3 Å². The molecule has 1 saturated heterocycles. The number of hydrogen-bond acceptors (Lipinski definition) is 6. The molecule has 1 N–H and O–H groups in total. The van der Waals surface area contributed by atoms with Crippen molar-refractivity contribution in [1.29, 1.82) is 0 Å². The van der Waals surface area contributed by atoms with Crippen molar-refractivity contribution in [2.45, 2.75) is 12.8 Å². The Morgan fingerprint density at radius 1 is 1.09 bits per heavy atom. The van der Waals surface area contributed by atoms with Crippen LogP contribution in [0.3, 0.4) is 0 Å². The second-order valence-corrected chi connectivity index (χ2v) is 8.14. The Morgan fingerprint density at radius 3 is 2.58 bits per heavy atom. The van der Waals surface area contributed by atoms with E-state index in [0.29, 0.717) is 59.6 Å². The highest BCUT2D eigenvalue weighted by atomic mass is 35.5. The van der Waals surface area contributed by atoms with Gasteiger partial charge in [-0.25, -0.2) is 0 Å². The SMILES string of the molecule is COc1cc(C=CC(=O)N2CCC(C(=O)Nc3ccc4c(c3)OCO4)CC2)cc(Cl)c1OC. The molecule has 8 nitrogen and oxygen atoms in total. The molecule has 174 valence electrons. The summed E-state index contributed by atoms with van der Waals surface area (Å²) in [6.07, 6.45) is 4.38. The molecule has 0 saturated carbocycles. The van der Waals surface area contributed by atoms with E-state index in [1.165, 1.54) is 20.3 Å². The predicted molar refractivity (Wildman–Crippen MR) is 124 cm³/mol. The predicted octanol–water partition coefficient (Wildman–Crippen LogP) is 3.98. The van der Waals surface area contributed by atoms with Crippen LogP contribution in [0.15, 0.2) is 36.4 Å². The third-order valence-electron chi connectivity index (χ3n) is 5.69. The lowest BCUT2D eigenvalue weighted by atomic mass is 9.95. The molecule has 2 aromatic rings. The topological polar surface area (TPSA) is 86.3 Å². The summed E-state index contributed by atoms with van der Waals surface area (Å²) in [5.41, 5.74) is 1.39. The average molecular weight is 473 g/mol. The summed E-state index contributed by atoms with van der Waals surface area (Å²) in [6, 6.07) is 8.77. The number of hydrogen-bond donors (Lipinski definition) is 1. The van der Waals surface area contributed by atoms with Gasteiger partial charge < -0.3 is 29.2 Å². The third-order valence-corrected chi connectivity index (χ3v) is 5.97. The number of anilines is 1. The van der Waals surface area contributed by atoms with Crippen LogP contribution in [0.2, 0.25) is 5.02 Å². The van der Waals surface area contributed by atoms with Gasteiger partial charge in [0.15, 0.2) is 23.0 Å². The van der Waals surface area contributed by atoms with Gasteiger partial charge in [-0.1, -0.05) is 11.6 Å². The Bertz CT molecular complexity index is 1080. The molecule has 2 aliphatic heterocycles. The lowest BCUT2D eigenvalue weighted by molar-refractivity contribution is -0.130. The first-order valence-electron chi connectivity index (χ1n) is 10.6. The molecule has 0 atom stereocenters. The highest BCUT2D eigenvalue weighted by Gasteiger charge is 2.27. The summed E-state index contributed by atoms with van der Waals surface area (Å²) in [5.74, 6) is 1.90. The number of nitrogens with one attached hydrogen (secondary N) is 1. The van der Waals surface area contributed by atoms with E-state index < -0.39 is 0 Å². The molecule has 4 rings (SSSR count). The van der Waals surface area contributed by atoms with Crippen LogP contribution >= 0.6 is 11.6 Å². The molecule has 9 heteroatoms. The van der Waals surface area contributed by atoms with Crippen molar-refractivity contribution in [3.05, 3.63) is 47.0 Å². The van der Waals surface area contributed by atoms with Gasteiger partial charge in [-0.15, -0.1) is 0 Å². The number of likely N-dealkylation sites (tertiary alicyclic amines) is 1. The lowest BCUT2D eigenvalue weighted by Crippen LogP contribution is -2.40. The first-order chi connectivity index (χ1) is 16.0. The maximum Gasteiger partial charge on any atom is 0.246 e. The zero-order chi connectivity index (χ0) is 23.4. The van der Waals surface area contributed by atoms with Crippen LogP contribution in [-0.2, 0) is 9.59 Å². The van der Waals surface area contributed by atoms with Gasteiger partial charge in [-0.2, -0.15) is 0 Å². The standard InChI is InChI=1S/C24H25ClN2O6/c1-30-21-12-15(11-18(25)23(21)31-2)3-6-22(28)27-9-7-16(8-10-27)24(29)26-17-4-5-19-20(13-17)33-14-32-19/h3-6,11-13,16H,7-10,14H2,1-2H3,(H,26,29). The van der Waals surface area contributed by atoms with Crippen LogP contribution < -0.4 is 24.3 Å². The number of rotatable bonds is 6. The van der Waals surface area contributed by atoms with Gasteiger partial charge in [0.05, 0.1) is 19.2 Å². The number of carbonyl (C=O) groups is 2.